The van der Waals surface area contributed by atoms with Crippen LogP contribution >= 0.6 is 11.6 Å². The van der Waals surface area contributed by atoms with E-state index in [0.29, 0.717) is 0 Å². The van der Waals surface area contributed by atoms with E-state index in [9.17, 15) is 23.3 Å². The SMILES string of the molecule is O=[N+]([O-])c1cc(Cl)ccc1[C@@H](O)C(F)(F)F. The lowest BCUT2D eigenvalue weighted by Gasteiger charge is -2.14. The first-order valence-electron chi connectivity index (χ1n) is 3.92. The number of benzene rings is 1. The third-order valence-electron chi connectivity index (χ3n) is 1.79. The zero-order valence-electron chi connectivity index (χ0n) is 7.53. The molecular formula is C8H5ClF3NO3. The van der Waals surface area contributed by atoms with Gasteiger partial charge in [0.15, 0.2) is 6.10 Å². The maximum atomic E-state index is 12.2. The zero-order valence-corrected chi connectivity index (χ0v) is 8.29. The predicted octanol–water partition coefficient (Wildman–Crippen LogP) is 2.84. The highest BCUT2D eigenvalue weighted by Gasteiger charge is 2.42. The molecule has 4 nitrogen and oxygen atoms in total. The molecule has 0 amide bonds. The molecule has 88 valence electrons. The van der Waals surface area contributed by atoms with Crippen LogP contribution in [0.15, 0.2) is 18.2 Å². The Morgan fingerprint density at radius 2 is 2.00 bits per heavy atom. The van der Waals surface area contributed by atoms with E-state index in [-0.39, 0.29) is 5.02 Å². The van der Waals surface area contributed by atoms with Crippen LogP contribution in [0.25, 0.3) is 0 Å². The molecule has 0 spiro atoms. The van der Waals surface area contributed by atoms with Gasteiger partial charge in [0.2, 0.25) is 0 Å². The third kappa shape index (κ3) is 2.61. The van der Waals surface area contributed by atoms with Gasteiger partial charge in [0.1, 0.15) is 0 Å². The quantitative estimate of drug-likeness (QED) is 0.653. The van der Waals surface area contributed by atoms with Crippen LogP contribution in [0.1, 0.15) is 11.7 Å². The number of alkyl halides is 3. The Morgan fingerprint density at radius 3 is 2.44 bits per heavy atom. The molecular weight excluding hydrogens is 251 g/mol. The topological polar surface area (TPSA) is 63.4 Å². The molecule has 0 aliphatic carbocycles. The summed E-state index contributed by atoms with van der Waals surface area (Å²) >= 11 is 5.41. The maximum Gasteiger partial charge on any atom is 0.418 e. The molecule has 1 aromatic rings. The van der Waals surface area contributed by atoms with Gasteiger partial charge in [-0.2, -0.15) is 13.2 Å². The minimum absolute atomic E-state index is 0.0789. The molecule has 16 heavy (non-hydrogen) atoms. The summed E-state index contributed by atoms with van der Waals surface area (Å²) < 4.78 is 36.5. The summed E-state index contributed by atoms with van der Waals surface area (Å²) in [6, 6.07) is 2.57. The molecule has 1 aromatic carbocycles. The van der Waals surface area contributed by atoms with Gasteiger partial charge in [-0.15, -0.1) is 0 Å². The van der Waals surface area contributed by atoms with Crippen LogP contribution in [0.4, 0.5) is 18.9 Å². The van der Waals surface area contributed by atoms with Gasteiger partial charge in [0, 0.05) is 11.1 Å². The second kappa shape index (κ2) is 4.26. The van der Waals surface area contributed by atoms with Crippen LogP contribution in [-0.4, -0.2) is 16.2 Å². The normalized spacial score (nSPS) is 13.6. The first-order valence-corrected chi connectivity index (χ1v) is 4.30. The standard InChI is InChI=1S/C8H5ClF3NO3/c9-4-1-2-5(6(3-4)13(15)16)7(14)8(10,11)12/h1-3,7,14H/t7-/m1/s1. The number of aliphatic hydroxyl groups is 1. The van der Waals surface area contributed by atoms with Crippen molar-refractivity contribution in [3.05, 3.63) is 38.9 Å². The summed E-state index contributed by atoms with van der Waals surface area (Å²) in [6.45, 7) is 0. The highest BCUT2D eigenvalue weighted by atomic mass is 35.5. The summed E-state index contributed by atoms with van der Waals surface area (Å²) in [4.78, 5) is 9.44. The average Bonchev–Trinajstić information content (AvgIpc) is 2.15. The number of nitro groups is 1. The Labute approximate surface area is 92.4 Å². The van der Waals surface area contributed by atoms with Crippen LogP contribution in [-0.2, 0) is 0 Å². The van der Waals surface area contributed by atoms with Crippen molar-refractivity contribution < 1.29 is 23.2 Å². The smallest absolute Gasteiger partial charge is 0.379 e. The molecule has 0 unspecified atom stereocenters. The minimum Gasteiger partial charge on any atom is -0.379 e. The number of rotatable bonds is 2. The van der Waals surface area contributed by atoms with Crippen molar-refractivity contribution >= 4 is 17.3 Å². The molecule has 1 N–H and O–H groups in total. The van der Waals surface area contributed by atoms with Gasteiger partial charge in [0.25, 0.3) is 5.69 Å². The Kier molecular flexibility index (Phi) is 3.39. The Bertz CT molecular complexity index is 421. The van der Waals surface area contributed by atoms with Gasteiger partial charge >= 0.3 is 6.18 Å². The second-order valence-corrected chi connectivity index (χ2v) is 3.34. The highest BCUT2D eigenvalue weighted by molar-refractivity contribution is 6.30. The van der Waals surface area contributed by atoms with Crippen molar-refractivity contribution in [3.63, 3.8) is 0 Å². The maximum absolute atomic E-state index is 12.2. The van der Waals surface area contributed by atoms with E-state index in [0.717, 1.165) is 18.2 Å². The number of nitro benzene ring substituents is 1. The van der Waals surface area contributed by atoms with Crippen molar-refractivity contribution in [2.24, 2.45) is 0 Å². The van der Waals surface area contributed by atoms with Crippen LogP contribution < -0.4 is 0 Å². The van der Waals surface area contributed by atoms with Crippen LogP contribution in [0, 0.1) is 10.1 Å². The van der Waals surface area contributed by atoms with Gasteiger partial charge in [-0.05, 0) is 12.1 Å². The molecule has 1 atom stereocenters. The van der Waals surface area contributed by atoms with Crippen LogP contribution in [0.3, 0.4) is 0 Å². The van der Waals surface area contributed by atoms with Gasteiger partial charge in [-0.1, -0.05) is 11.6 Å². The third-order valence-corrected chi connectivity index (χ3v) is 2.03. The van der Waals surface area contributed by atoms with Crippen molar-refractivity contribution in [2.75, 3.05) is 0 Å². The van der Waals surface area contributed by atoms with Gasteiger partial charge in [-0.3, -0.25) is 10.1 Å². The molecule has 1 rings (SSSR count). The lowest BCUT2D eigenvalue weighted by molar-refractivity contribution is -0.387. The van der Waals surface area contributed by atoms with Gasteiger partial charge in [0.05, 0.1) is 10.5 Å². The number of hydrogen-bond donors (Lipinski definition) is 1. The van der Waals surface area contributed by atoms with Crippen molar-refractivity contribution in [2.45, 2.75) is 12.3 Å². The minimum atomic E-state index is -4.96. The molecule has 0 heterocycles. The molecule has 0 aliphatic heterocycles. The fourth-order valence-electron chi connectivity index (χ4n) is 1.08. The largest absolute Gasteiger partial charge is 0.418 e. The van der Waals surface area contributed by atoms with E-state index < -0.39 is 28.5 Å². The highest BCUT2D eigenvalue weighted by Crippen LogP contribution is 2.37. The first kappa shape index (κ1) is 12.7. The summed E-state index contributed by atoms with van der Waals surface area (Å²) in [7, 11) is 0. The fraction of sp³-hybridized carbons (Fsp3) is 0.250. The summed E-state index contributed by atoms with van der Waals surface area (Å²) in [5, 5.41) is 19.3. The van der Waals surface area contributed by atoms with E-state index in [4.69, 9.17) is 16.7 Å². The molecule has 0 saturated carbocycles. The molecule has 0 radical (unpaired) electrons. The van der Waals surface area contributed by atoms with E-state index in [1.807, 2.05) is 0 Å². The van der Waals surface area contributed by atoms with Crippen LogP contribution in [0.5, 0.6) is 0 Å². The second-order valence-electron chi connectivity index (χ2n) is 2.90. The Morgan fingerprint density at radius 1 is 1.44 bits per heavy atom. The van der Waals surface area contributed by atoms with E-state index in [2.05, 4.69) is 0 Å². The van der Waals surface area contributed by atoms with E-state index in [1.54, 1.807) is 0 Å². The average molecular weight is 256 g/mol. The first-order chi connectivity index (χ1) is 7.23. The molecule has 0 aromatic heterocycles. The zero-order chi connectivity index (χ0) is 12.5. The molecule has 0 bridgehead atoms. The predicted molar refractivity (Wildman–Crippen MR) is 49.1 cm³/mol. The van der Waals surface area contributed by atoms with Crippen molar-refractivity contribution in [1.29, 1.82) is 0 Å². The number of hydrogen-bond acceptors (Lipinski definition) is 3. The number of halogens is 4. The number of aliphatic hydroxyl groups excluding tert-OH is 1. The molecule has 8 heteroatoms. The lowest BCUT2D eigenvalue weighted by Crippen LogP contribution is -2.21. The summed E-state index contributed by atoms with van der Waals surface area (Å²) in [5.41, 5.74) is -1.70. The lowest BCUT2D eigenvalue weighted by atomic mass is 10.1. The summed E-state index contributed by atoms with van der Waals surface area (Å²) in [5.74, 6) is 0. The Balaban J connectivity index is 3.28. The van der Waals surface area contributed by atoms with Crippen molar-refractivity contribution in [1.82, 2.24) is 0 Å². The fourth-order valence-corrected chi connectivity index (χ4v) is 1.25. The molecule has 0 saturated heterocycles. The number of nitrogens with zero attached hydrogens (tertiary/aromatic N) is 1. The van der Waals surface area contributed by atoms with Crippen molar-refractivity contribution in [3.8, 4) is 0 Å². The molecule has 0 aliphatic rings. The summed E-state index contributed by atoms with van der Waals surface area (Å²) in [6.07, 6.45) is -7.86. The van der Waals surface area contributed by atoms with Crippen LogP contribution in [0.2, 0.25) is 5.02 Å². The molecule has 0 fully saturated rings. The Hall–Kier alpha value is -1.34. The van der Waals surface area contributed by atoms with Gasteiger partial charge in [-0.25, -0.2) is 0 Å². The monoisotopic (exact) mass is 255 g/mol. The van der Waals surface area contributed by atoms with E-state index in [1.165, 1.54) is 0 Å². The van der Waals surface area contributed by atoms with E-state index >= 15 is 0 Å². The van der Waals surface area contributed by atoms with Gasteiger partial charge < -0.3 is 5.11 Å².